The van der Waals surface area contributed by atoms with Gasteiger partial charge >= 0.3 is 0 Å². The number of para-hydroxylation sites is 1. The number of aryl methyl sites for hydroxylation is 2. The fourth-order valence-corrected chi connectivity index (χ4v) is 4.26. The number of rotatable bonds is 4. The molecule has 150 valence electrons. The molecule has 2 aromatic carbocycles. The smallest absolute Gasteiger partial charge is 0.270 e. The second-order valence-corrected chi connectivity index (χ2v) is 8.43. The molecule has 30 heavy (non-hydrogen) atoms. The third kappa shape index (κ3) is 4.03. The molecule has 0 saturated carbocycles. The molecule has 3 aromatic rings. The molecule has 0 aliphatic carbocycles. The van der Waals surface area contributed by atoms with Gasteiger partial charge in [-0.25, -0.2) is 0 Å². The Kier molecular flexibility index (Phi) is 5.48. The average Bonchev–Trinajstić information content (AvgIpc) is 3.04. The van der Waals surface area contributed by atoms with Crippen molar-refractivity contribution < 1.29 is 14.3 Å². The molecule has 0 radical (unpaired) electrons. The third-order valence-electron chi connectivity index (χ3n) is 4.65. The highest BCUT2D eigenvalue weighted by Crippen LogP contribution is 2.28. The van der Waals surface area contributed by atoms with Crippen LogP contribution >= 0.6 is 23.6 Å². The highest BCUT2D eigenvalue weighted by Gasteiger charge is 2.34. The number of hydrogen-bond donors (Lipinski definition) is 1. The molecule has 0 atom stereocenters. The molecule has 4 rings (SSSR count). The van der Waals surface area contributed by atoms with E-state index >= 15 is 0 Å². The average molecular weight is 435 g/mol. The van der Waals surface area contributed by atoms with Gasteiger partial charge in [-0.15, -0.1) is 11.3 Å². The van der Waals surface area contributed by atoms with E-state index in [-0.39, 0.29) is 10.7 Å². The fourth-order valence-electron chi connectivity index (χ4n) is 2.99. The van der Waals surface area contributed by atoms with Crippen LogP contribution in [0.1, 0.15) is 15.3 Å². The van der Waals surface area contributed by atoms with Crippen LogP contribution in [-0.4, -0.2) is 16.9 Å². The van der Waals surface area contributed by atoms with Crippen molar-refractivity contribution in [2.45, 2.75) is 13.8 Å². The first-order chi connectivity index (χ1) is 14.4. The van der Waals surface area contributed by atoms with E-state index in [1.54, 1.807) is 30.3 Å². The SMILES string of the molecule is Cc1cc(/C=C2\C(=O)NC(=S)N(c3ccc(Oc4ccccc4)cc3)C2=O)sc1C. The Morgan fingerprint density at radius 1 is 1.00 bits per heavy atom. The van der Waals surface area contributed by atoms with Crippen LogP contribution in [-0.2, 0) is 9.59 Å². The second kappa shape index (κ2) is 8.22. The topological polar surface area (TPSA) is 58.6 Å². The van der Waals surface area contributed by atoms with E-state index in [9.17, 15) is 9.59 Å². The lowest BCUT2D eigenvalue weighted by Gasteiger charge is -2.28. The summed E-state index contributed by atoms with van der Waals surface area (Å²) in [7, 11) is 0. The van der Waals surface area contributed by atoms with Gasteiger partial charge in [0.05, 0.1) is 5.69 Å². The lowest BCUT2D eigenvalue weighted by Crippen LogP contribution is -2.54. The summed E-state index contributed by atoms with van der Waals surface area (Å²) in [6, 6.07) is 18.3. The van der Waals surface area contributed by atoms with E-state index in [1.165, 1.54) is 16.2 Å². The van der Waals surface area contributed by atoms with Gasteiger partial charge < -0.3 is 4.74 Å². The highest BCUT2D eigenvalue weighted by molar-refractivity contribution is 7.80. The number of ether oxygens (including phenoxy) is 1. The van der Waals surface area contributed by atoms with Crippen molar-refractivity contribution in [3.8, 4) is 11.5 Å². The Hall–Kier alpha value is -3.29. The number of nitrogens with zero attached hydrogens (tertiary/aromatic N) is 1. The number of nitrogens with one attached hydrogen (secondary N) is 1. The van der Waals surface area contributed by atoms with Crippen molar-refractivity contribution in [3.05, 3.63) is 81.6 Å². The van der Waals surface area contributed by atoms with Crippen molar-refractivity contribution in [1.82, 2.24) is 5.32 Å². The number of thiophene rings is 1. The minimum absolute atomic E-state index is 0.0504. The first-order valence-corrected chi connectivity index (χ1v) is 10.5. The van der Waals surface area contributed by atoms with Crippen molar-refractivity contribution in [2.24, 2.45) is 0 Å². The molecule has 2 amide bonds. The third-order valence-corrected chi connectivity index (χ3v) is 6.03. The fraction of sp³-hybridized carbons (Fsp3) is 0.0870. The summed E-state index contributed by atoms with van der Waals surface area (Å²) in [5.74, 6) is 0.400. The van der Waals surface area contributed by atoms with Gasteiger partial charge in [-0.1, -0.05) is 18.2 Å². The van der Waals surface area contributed by atoms with Crippen LogP contribution in [0.2, 0.25) is 0 Å². The summed E-state index contributed by atoms with van der Waals surface area (Å²) in [6.07, 6.45) is 1.62. The largest absolute Gasteiger partial charge is 0.457 e. The molecule has 2 heterocycles. The molecule has 1 aromatic heterocycles. The number of anilines is 1. The molecule has 5 nitrogen and oxygen atoms in total. The summed E-state index contributed by atoms with van der Waals surface area (Å²) in [6.45, 7) is 4.00. The van der Waals surface area contributed by atoms with Gasteiger partial charge in [-0.05, 0) is 80.2 Å². The lowest BCUT2D eigenvalue weighted by atomic mass is 10.1. The van der Waals surface area contributed by atoms with Crippen LogP contribution in [0, 0.1) is 13.8 Å². The van der Waals surface area contributed by atoms with Crippen LogP contribution in [0.15, 0.2) is 66.2 Å². The van der Waals surface area contributed by atoms with E-state index in [4.69, 9.17) is 17.0 Å². The van der Waals surface area contributed by atoms with Gasteiger partial charge in [-0.3, -0.25) is 19.8 Å². The van der Waals surface area contributed by atoms with Crippen molar-refractivity contribution in [2.75, 3.05) is 4.90 Å². The predicted molar refractivity (Wildman–Crippen MR) is 123 cm³/mol. The Bertz CT molecular complexity index is 1150. The number of amides is 2. The Morgan fingerprint density at radius 3 is 2.30 bits per heavy atom. The summed E-state index contributed by atoms with van der Waals surface area (Å²) >= 11 is 6.80. The highest BCUT2D eigenvalue weighted by atomic mass is 32.1. The van der Waals surface area contributed by atoms with E-state index in [0.29, 0.717) is 17.2 Å². The van der Waals surface area contributed by atoms with Gasteiger partial charge in [0.2, 0.25) is 0 Å². The molecule has 0 spiro atoms. The molecule has 1 fully saturated rings. The van der Waals surface area contributed by atoms with Crippen LogP contribution in [0.4, 0.5) is 5.69 Å². The second-order valence-electron chi connectivity index (χ2n) is 6.75. The molecule has 0 unspecified atom stereocenters. The summed E-state index contributed by atoms with van der Waals surface area (Å²) in [5, 5.41) is 2.66. The Balaban J connectivity index is 1.60. The van der Waals surface area contributed by atoms with Gasteiger partial charge in [0.15, 0.2) is 5.11 Å². The summed E-state index contributed by atoms with van der Waals surface area (Å²) in [4.78, 5) is 28.8. The van der Waals surface area contributed by atoms with E-state index in [0.717, 1.165) is 15.3 Å². The maximum absolute atomic E-state index is 13.1. The predicted octanol–water partition coefficient (Wildman–Crippen LogP) is 4.99. The zero-order valence-corrected chi connectivity index (χ0v) is 18.0. The number of hydrogen-bond acceptors (Lipinski definition) is 5. The quantitative estimate of drug-likeness (QED) is 0.357. The monoisotopic (exact) mass is 434 g/mol. The van der Waals surface area contributed by atoms with E-state index < -0.39 is 11.8 Å². The maximum atomic E-state index is 13.1. The molecule has 1 aliphatic rings. The molecule has 1 N–H and O–H groups in total. The molecular weight excluding hydrogens is 416 g/mol. The summed E-state index contributed by atoms with van der Waals surface area (Å²) in [5.41, 5.74) is 1.72. The minimum Gasteiger partial charge on any atom is -0.457 e. The standard InChI is InChI=1S/C23H18N2O3S2/c1-14-12-19(30-15(14)2)13-20-21(26)24-23(29)25(22(20)27)16-8-10-18(11-9-16)28-17-6-4-3-5-7-17/h3-13H,1-2H3,(H,24,26,29)/b20-13+. The number of benzene rings is 2. The zero-order chi connectivity index (χ0) is 21.3. The normalized spacial score (nSPS) is 15.5. The van der Waals surface area contributed by atoms with Gasteiger partial charge in [0.25, 0.3) is 11.8 Å². The Morgan fingerprint density at radius 2 is 1.67 bits per heavy atom. The number of carbonyl (C=O) groups excluding carboxylic acids is 2. The zero-order valence-electron chi connectivity index (χ0n) is 16.3. The molecular formula is C23H18N2O3S2. The molecule has 0 bridgehead atoms. The first kappa shape index (κ1) is 20.0. The van der Waals surface area contributed by atoms with Crippen LogP contribution < -0.4 is 15.0 Å². The minimum atomic E-state index is -0.492. The lowest BCUT2D eigenvalue weighted by molar-refractivity contribution is -0.122. The molecule has 1 aliphatic heterocycles. The molecule has 7 heteroatoms. The van der Waals surface area contributed by atoms with E-state index in [2.05, 4.69) is 5.32 Å². The van der Waals surface area contributed by atoms with Gasteiger partial charge in [0, 0.05) is 9.75 Å². The number of thiocarbonyl (C=S) groups is 1. The van der Waals surface area contributed by atoms with Crippen LogP contribution in [0.3, 0.4) is 0 Å². The van der Waals surface area contributed by atoms with Gasteiger partial charge in [0.1, 0.15) is 17.1 Å². The first-order valence-electron chi connectivity index (χ1n) is 9.24. The van der Waals surface area contributed by atoms with Crippen LogP contribution in [0.5, 0.6) is 11.5 Å². The van der Waals surface area contributed by atoms with Crippen molar-refractivity contribution in [1.29, 1.82) is 0 Å². The van der Waals surface area contributed by atoms with Crippen molar-refractivity contribution >= 4 is 52.2 Å². The van der Waals surface area contributed by atoms with Gasteiger partial charge in [-0.2, -0.15) is 0 Å². The van der Waals surface area contributed by atoms with Crippen LogP contribution in [0.25, 0.3) is 6.08 Å². The summed E-state index contributed by atoms with van der Waals surface area (Å²) < 4.78 is 5.79. The van der Waals surface area contributed by atoms with Crippen molar-refractivity contribution in [3.63, 3.8) is 0 Å². The van der Waals surface area contributed by atoms with E-state index in [1.807, 2.05) is 50.2 Å². The molecule has 1 saturated heterocycles. The maximum Gasteiger partial charge on any atom is 0.270 e. The number of carbonyl (C=O) groups is 2. The Labute approximate surface area is 183 Å².